The molecule has 1 amide bonds. The van der Waals surface area contributed by atoms with Crippen molar-refractivity contribution in [3.05, 3.63) is 52.0 Å². The van der Waals surface area contributed by atoms with Crippen LogP contribution in [0.4, 0.5) is 5.82 Å². The zero-order valence-electron chi connectivity index (χ0n) is 14.8. The minimum atomic E-state index is -0.216. The molecule has 0 aliphatic rings. The standard InChI is InChI=1S/C18H21N5OS/c1-12-16(13-8-6-5-7-9-13)21-23(4)17(12)20-18(24)14-11-25-15(19-14)10-22(2)3/h5-9,11H,10H2,1-4H3,(H,20,24). The van der Waals surface area contributed by atoms with Gasteiger partial charge in [-0.05, 0) is 21.0 Å². The molecule has 0 unspecified atom stereocenters. The topological polar surface area (TPSA) is 63.1 Å². The Morgan fingerprint density at radius 3 is 2.68 bits per heavy atom. The van der Waals surface area contributed by atoms with Crippen LogP contribution in [0.25, 0.3) is 11.3 Å². The van der Waals surface area contributed by atoms with Crippen molar-refractivity contribution in [2.75, 3.05) is 19.4 Å². The van der Waals surface area contributed by atoms with Crippen molar-refractivity contribution in [2.45, 2.75) is 13.5 Å². The molecule has 0 atom stereocenters. The van der Waals surface area contributed by atoms with Crippen LogP contribution >= 0.6 is 11.3 Å². The van der Waals surface area contributed by atoms with Crippen LogP contribution in [0.3, 0.4) is 0 Å². The van der Waals surface area contributed by atoms with Gasteiger partial charge in [-0.25, -0.2) is 4.98 Å². The number of anilines is 1. The smallest absolute Gasteiger partial charge is 0.276 e. The summed E-state index contributed by atoms with van der Waals surface area (Å²) >= 11 is 1.49. The maximum atomic E-state index is 12.5. The zero-order chi connectivity index (χ0) is 18.0. The van der Waals surface area contributed by atoms with Gasteiger partial charge in [0.15, 0.2) is 0 Å². The molecule has 0 saturated heterocycles. The van der Waals surface area contributed by atoms with Crippen molar-refractivity contribution >= 4 is 23.1 Å². The number of benzene rings is 1. The predicted octanol–water partition coefficient (Wildman–Crippen LogP) is 3.17. The minimum absolute atomic E-state index is 0.216. The Morgan fingerprint density at radius 1 is 1.28 bits per heavy atom. The Bertz CT molecular complexity index is 882. The van der Waals surface area contributed by atoms with E-state index in [4.69, 9.17) is 0 Å². The summed E-state index contributed by atoms with van der Waals surface area (Å²) < 4.78 is 1.70. The van der Waals surface area contributed by atoms with Crippen LogP contribution in [0.15, 0.2) is 35.7 Å². The SMILES string of the molecule is Cc1c(-c2ccccc2)nn(C)c1NC(=O)c1csc(CN(C)C)n1. The van der Waals surface area contributed by atoms with E-state index in [2.05, 4.69) is 15.4 Å². The monoisotopic (exact) mass is 355 g/mol. The molecular formula is C18H21N5OS. The van der Waals surface area contributed by atoms with E-state index >= 15 is 0 Å². The number of nitrogens with zero attached hydrogens (tertiary/aromatic N) is 4. The first kappa shape index (κ1) is 17.3. The fourth-order valence-electron chi connectivity index (χ4n) is 2.60. The highest BCUT2D eigenvalue weighted by Crippen LogP contribution is 2.27. The normalized spacial score (nSPS) is 11.1. The van der Waals surface area contributed by atoms with Gasteiger partial charge in [-0.2, -0.15) is 5.10 Å². The van der Waals surface area contributed by atoms with Crippen LogP contribution in [-0.2, 0) is 13.6 Å². The molecule has 1 aromatic carbocycles. The molecule has 0 aliphatic carbocycles. The number of hydrogen-bond acceptors (Lipinski definition) is 5. The fraction of sp³-hybridized carbons (Fsp3) is 0.278. The van der Waals surface area contributed by atoms with E-state index in [1.165, 1.54) is 11.3 Å². The first-order chi connectivity index (χ1) is 12.0. The number of hydrogen-bond donors (Lipinski definition) is 1. The van der Waals surface area contributed by atoms with Crippen molar-refractivity contribution in [2.24, 2.45) is 7.05 Å². The second-order valence-corrected chi connectivity index (χ2v) is 7.07. The zero-order valence-corrected chi connectivity index (χ0v) is 15.6. The van der Waals surface area contributed by atoms with Gasteiger partial charge in [-0.1, -0.05) is 30.3 Å². The maximum absolute atomic E-state index is 12.5. The van der Waals surface area contributed by atoms with Crippen molar-refractivity contribution in [3.63, 3.8) is 0 Å². The van der Waals surface area contributed by atoms with E-state index in [1.807, 2.05) is 63.3 Å². The largest absolute Gasteiger partial charge is 0.305 e. The quantitative estimate of drug-likeness (QED) is 0.764. The number of carbonyl (C=O) groups excluding carboxylic acids is 1. The van der Waals surface area contributed by atoms with Crippen LogP contribution in [-0.4, -0.2) is 39.7 Å². The molecule has 7 heteroatoms. The number of nitrogens with one attached hydrogen (secondary N) is 1. The number of aromatic nitrogens is 3. The summed E-state index contributed by atoms with van der Waals surface area (Å²) in [6, 6.07) is 9.94. The maximum Gasteiger partial charge on any atom is 0.276 e. The summed E-state index contributed by atoms with van der Waals surface area (Å²) in [5.74, 6) is 0.470. The van der Waals surface area contributed by atoms with E-state index in [1.54, 1.807) is 10.1 Å². The van der Waals surface area contributed by atoms with Gasteiger partial charge in [0.05, 0.1) is 5.69 Å². The molecule has 0 spiro atoms. The molecule has 1 N–H and O–H groups in total. The summed E-state index contributed by atoms with van der Waals surface area (Å²) in [6.45, 7) is 2.68. The van der Waals surface area contributed by atoms with Gasteiger partial charge in [0.1, 0.15) is 16.5 Å². The third-order valence-corrected chi connectivity index (χ3v) is 4.63. The van der Waals surface area contributed by atoms with E-state index < -0.39 is 0 Å². The van der Waals surface area contributed by atoms with Crippen LogP contribution in [0.2, 0.25) is 0 Å². The molecule has 3 aromatic rings. The first-order valence-electron chi connectivity index (χ1n) is 7.95. The Balaban J connectivity index is 1.82. The average molecular weight is 355 g/mol. The summed E-state index contributed by atoms with van der Waals surface area (Å²) in [4.78, 5) is 19.0. The summed E-state index contributed by atoms with van der Waals surface area (Å²) in [5.41, 5.74) is 3.26. The van der Waals surface area contributed by atoms with Gasteiger partial charge in [0, 0.05) is 30.1 Å². The number of carbonyl (C=O) groups is 1. The molecule has 25 heavy (non-hydrogen) atoms. The molecule has 0 aliphatic heterocycles. The van der Waals surface area contributed by atoms with Crippen molar-refractivity contribution in [1.82, 2.24) is 19.7 Å². The van der Waals surface area contributed by atoms with E-state index in [0.29, 0.717) is 11.5 Å². The van der Waals surface area contributed by atoms with Gasteiger partial charge < -0.3 is 10.2 Å². The Kier molecular flexibility index (Phi) is 4.96. The van der Waals surface area contributed by atoms with Gasteiger partial charge >= 0.3 is 0 Å². The van der Waals surface area contributed by atoms with E-state index in [0.717, 1.165) is 28.4 Å². The first-order valence-corrected chi connectivity index (χ1v) is 8.83. The fourth-order valence-corrected chi connectivity index (χ4v) is 3.50. The molecule has 0 saturated carbocycles. The number of amides is 1. The Labute approximate surface area is 151 Å². The predicted molar refractivity (Wildman–Crippen MR) is 101 cm³/mol. The lowest BCUT2D eigenvalue weighted by Gasteiger charge is -2.06. The van der Waals surface area contributed by atoms with Gasteiger partial charge in [0.25, 0.3) is 5.91 Å². The van der Waals surface area contributed by atoms with Crippen LogP contribution < -0.4 is 5.32 Å². The average Bonchev–Trinajstić information content (AvgIpc) is 3.15. The molecule has 0 bridgehead atoms. The Morgan fingerprint density at radius 2 is 2.00 bits per heavy atom. The van der Waals surface area contributed by atoms with Crippen molar-refractivity contribution in [3.8, 4) is 11.3 Å². The second kappa shape index (κ2) is 7.16. The minimum Gasteiger partial charge on any atom is -0.305 e. The third-order valence-electron chi connectivity index (χ3n) is 3.80. The highest BCUT2D eigenvalue weighted by Gasteiger charge is 2.18. The molecule has 2 aromatic heterocycles. The van der Waals surface area contributed by atoms with E-state index in [9.17, 15) is 4.79 Å². The van der Waals surface area contributed by atoms with Crippen LogP contribution in [0.1, 0.15) is 21.1 Å². The van der Waals surface area contributed by atoms with Crippen molar-refractivity contribution in [1.29, 1.82) is 0 Å². The highest BCUT2D eigenvalue weighted by atomic mass is 32.1. The van der Waals surface area contributed by atoms with Crippen LogP contribution in [0.5, 0.6) is 0 Å². The molecule has 0 radical (unpaired) electrons. The Hall–Kier alpha value is -2.51. The lowest BCUT2D eigenvalue weighted by atomic mass is 10.1. The highest BCUT2D eigenvalue weighted by molar-refractivity contribution is 7.09. The number of thiazole rings is 1. The third kappa shape index (κ3) is 3.78. The molecule has 0 fully saturated rings. The molecule has 2 heterocycles. The van der Waals surface area contributed by atoms with Crippen LogP contribution in [0, 0.1) is 6.92 Å². The van der Waals surface area contributed by atoms with Gasteiger partial charge in [-0.15, -0.1) is 11.3 Å². The molecule has 130 valence electrons. The lowest BCUT2D eigenvalue weighted by Crippen LogP contribution is -2.16. The van der Waals surface area contributed by atoms with Crippen molar-refractivity contribution < 1.29 is 4.79 Å². The second-order valence-electron chi connectivity index (χ2n) is 6.13. The molecule has 3 rings (SSSR count). The van der Waals surface area contributed by atoms with Gasteiger partial charge in [-0.3, -0.25) is 9.48 Å². The number of aryl methyl sites for hydroxylation is 1. The summed E-state index contributed by atoms with van der Waals surface area (Å²) in [6.07, 6.45) is 0. The molecular weight excluding hydrogens is 334 g/mol. The lowest BCUT2D eigenvalue weighted by molar-refractivity contribution is 0.102. The van der Waals surface area contributed by atoms with E-state index in [-0.39, 0.29) is 5.91 Å². The summed E-state index contributed by atoms with van der Waals surface area (Å²) in [5, 5.41) is 10.2. The molecule has 6 nitrogen and oxygen atoms in total. The summed E-state index contributed by atoms with van der Waals surface area (Å²) in [7, 11) is 5.78. The number of rotatable bonds is 5. The van der Waals surface area contributed by atoms with Gasteiger partial charge in [0.2, 0.25) is 0 Å².